The minimum Gasteiger partial charge on any atom is -0.465 e. The molecule has 1 saturated heterocycles. The Bertz CT molecular complexity index is 652. The van der Waals surface area contributed by atoms with E-state index in [1.165, 1.54) is 29.6 Å². The highest BCUT2D eigenvalue weighted by Crippen LogP contribution is 2.23. The van der Waals surface area contributed by atoms with E-state index in [0.717, 1.165) is 25.9 Å². The first-order valence-electron chi connectivity index (χ1n) is 7.25. The fourth-order valence-electron chi connectivity index (χ4n) is 2.67. The number of nitrogens with zero attached hydrogens (tertiary/aromatic N) is 1. The highest BCUT2D eigenvalue weighted by molar-refractivity contribution is 7.89. The van der Waals surface area contributed by atoms with Crippen molar-refractivity contribution in [2.45, 2.75) is 30.7 Å². The van der Waals surface area contributed by atoms with Gasteiger partial charge in [0.1, 0.15) is 0 Å². The molecule has 6 nitrogen and oxygen atoms in total. The Hall–Kier alpha value is -1.44. The standard InChI is InChI=1S/C15H22N2O4S/c1-11-10-13(4-5-14(11)15(18)21-3)22(19,20)17(2)12-6-8-16-9-7-12/h4-5,10,12,16H,6-9H2,1-3H3. The van der Waals surface area contributed by atoms with Gasteiger partial charge in [0, 0.05) is 13.1 Å². The van der Waals surface area contributed by atoms with Crippen LogP contribution in [0.25, 0.3) is 0 Å². The Kier molecular flexibility index (Phi) is 5.20. The molecule has 0 aliphatic carbocycles. The number of sulfonamides is 1. The molecule has 2 rings (SSSR count). The molecule has 7 heteroatoms. The van der Waals surface area contributed by atoms with Gasteiger partial charge in [0.2, 0.25) is 10.0 Å². The number of aryl methyl sites for hydroxylation is 1. The van der Waals surface area contributed by atoms with E-state index in [1.54, 1.807) is 14.0 Å². The van der Waals surface area contributed by atoms with Gasteiger partial charge >= 0.3 is 5.97 Å². The van der Waals surface area contributed by atoms with Crippen molar-refractivity contribution < 1.29 is 17.9 Å². The Morgan fingerprint density at radius 1 is 1.32 bits per heavy atom. The highest BCUT2D eigenvalue weighted by Gasteiger charge is 2.29. The molecule has 1 N–H and O–H groups in total. The smallest absolute Gasteiger partial charge is 0.338 e. The van der Waals surface area contributed by atoms with Crippen molar-refractivity contribution in [1.82, 2.24) is 9.62 Å². The summed E-state index contributed by atoms with van der Waals surface area (Å²) in [4.78, 5) is 11.8. The predicted molar refractivity (Wildman–Crippen MR) is 83.4 cm³/mol. The zero-order valence-corrected chi connectivity index (χ0v) is 13.9. The van der Waals surface area contributed by atoms with Crippen LogP contribution in [0.2, 0.25) is 0 Å². The highest BCUT2D eigenvalue weighted by atomic mass is 32.2. The maximum Gasteiger partial charge on any atom is 0.338 e. The van der Waals surface area contributed by atoms with Gasteiger partial charge in [-0.2, -0.15) is 4.31 Å². The van der Waals surface area contributed by atoms with Crippen molar-refractivity contribution in [2.75, 3.05) is 27.2 Å². The van der Waals surface area contributed by atoms with E-state index in [4.69, 9.17) is 0 Å². The number of nitrogens with one attached hydrogen (secondary N) is 1. The van der Waals surface area contributed by atoms with E-state index in [1.807, 2.05) is 0 Å². The maximum atomic E-state index is 12.7. The number of carbonyl (C=O) groups excluding carboxylic acids is 1. The molecule has 0 saturated carbocycles. The summed E-state index contributed by atoms with van der Waals surface area (Å²) < 4.78 is 31.6. The normalized spacial score (nSPS) is 16.7. The summed E-state index contributed by atoms with van der Waals surface area (Å²) in [6, 6.07) is 4.50. The lowest BCUT2D eigenvalue weighted by Crippen LogP contribution is -2.43. The van der Waals surface area contributed by atoms with Crippen LogP contribution in [0, 0.1) is 6.92 Å². The van der Waals surface area contributed by atoms with E-state index in [-0.39, 0.29) is 10.9 Å². The lowest BCUT2D eigenvalue weighted by Gasteiger charge is -2.31. The topological polar surface area (TPSA) is 75.7 Å². The van der Waals surface area contributed by atoms with Gasteiger partial charge in [-0.05, 0) is 56.6 Å². The van der Waals surface area contributed by atoms with Crippen LogP contribution in [0.3, 0.4) is 0 Å². The minimum absolute atomic E-state index is 0.00633. The van der Waals surface area contributed by atoms with Gasteiger partial charge in [-0.15, -0.1) is 0 Å². The third kappa shape index (κ3) is 3.31. The second-order valence-corrected chi connectivity index (χ2v) is 7.47. The molecule has 1 aliphatic heterocycles. The summed E-state index contributed by atoms with van der Waals surface area (Å²) in [5, 5.41) is 3.22. The number of esters is 1. The van der Waals surface area contributed by atoms with Gasteiger partial charge in [0.25, 0.3) is 0 Å². The zero-order valence-electron chi connectivity index (χ0n) is 13.1. The number of ether oxygens (including phenoxy) is 1. The number of carbonyl (C=O) groups is 1. The van der Waals surface area contributed by atoms with Crippen molar-refractivity contribution in [3.05, 3.63) is 29.3 Å². The molecule has 0 bridgehead atoms. The van der Waals surface area contributed by atoms with Gasteiger partial charge in [-0.3, -0.25) is 0 Å². The van der Waals surface area contributed by atoms with E-state index in [2.05, 4.69) is 10.1 Å². The Labute approximate surface area is 131 Å². The van der Waals surface area contributed by atoms with Crippen molar-refractivity contribution in [1.29, 1.82) is 0 Å². The summed E-state index contributed by atoms with van der Waals surface area (Å²) in [6.45, 7) is 3.35. The largest absolute Gasteiger partial charge is 0.465 e. The lowest BCUT2D eigenvalue weighted by molar-refractivity contribution is 0.0600. The number of hydrogen-bond acceptors (Lipinski definition) is 5. The first kappa shape index (κ1) is 16.9. The molecular weight excluding hydrogens is 304 g/mol. The molecule has 1 aromatic carbocycles. The molecule has 22 heavy (non-hydrogen) atoms. The molecule has 0 aromatic heterocycles. The predicted octanol–water partition coefficient (Wildman–Crippen LogP) is 1.15. The van der Waals surface area contributed by atoms with Crippen LogP contribution >= 0.6 is 0 Å². The first-order chi connectivity index (χ1) is 10.4. The third-order valence-corrected chi connectivity index (χ3v) is 6.01. The molecule has 0 spiro atoms. The molecule has 1 heterocycles. The summed E-state index contributed by atoms with van der Waals surface area (Å²) >= 11 is 0. The average Bonchev–Trinajstić information content (AvgIpc) is 2.54. The van der Waals surface area contributed by atoms with Crippen LogP contribution in [0.1, 0.15) is 28.8 Å². The SMILES string of the molecule is COC(=O)c1ccc(S(=O)(=O)N(C)C2CCNCC2)cc1C. The number of hydrogen-bond donors (Lipinski definition) is 1. The van der Waals surface area contributed by atoms with Crippen molar-refractivity contribution in [3.63, 3.8) is 0 Å². The van der Waals surface area contributed by atoms with Gasteiger partial charge in [0.05, 0.1) is 17.6 Å². The zero-order chi connectivity index (χ0) is 16.3. The summed E-state index contributed by atoms with van der Waals surface area (Å²) in [6.07, 6.45) is 1.60. The third-order valence-electron chi connectivity index (χ3n) is 4.10. The minimum atomic E-state index is -3.56. The van der Waals surface area contributed by atoms with E-state index < -0.39 is 16.0 Å². The van der Waals surface area contributed by atoms with Gasteiger partial charge < -0.3 is 10.1 Å². The van der Waals surface area contributed by atoms with Crippen LogP contribution in [0.4, 0.5) is 0 Å². The molecule has 0 unspecified atom stereocenters. The molecule has 0 amide bonds. The monoisotopic (exact) mass is 326 g/mol. The molecule has 1 aromatic rings. The maximum absolute atomic E-state index is 12.7. The van der Waals surface area contributed by atoms with Crippen LogP contribution in [-0.4, -0.2) is 52.0 Å². The van der Waals surface area contributed by atoms with E-state index >= 15 is 0 Å². The second-order valence-electron chi connectivity index (χ2n) is 5.47. The summed E-state index contributed by atoms with van der Waals surface area (Å²) in [5.41, 5.74) is 0.970. The summed E-state index contributed by atoms with van der Waals surface area (Å²) in [5.74, 6) is -0.465. The molecule has 122 valence electrons. The van der Waals surface area contributed by atoms with Gasteiger partial charge in [0.15, 0.2) is 0 Å². The van der Waals surface area contributed by atoms with Gasteiger partial charge in [-0.1, -0.05) is 0 Å². The van der Waals surface area contributed by atoms with Crippen LogP contribution in [0.5, 0.6) is 0 Å². The fourth-order valence-corrected chi connectivity index (χ4v) is 4.17. The Morgan fingerprint density at radius 3 is 2.50 bits per heavy atom. The van der Waals surface area contributed by atoms with Crippen LogP contribution < -0.4 is 5.32 Å². The Morgan fingerprint density at radius 2 is 1.95 bits per heavy atom. The van der Waals surface area contributed by atoms with Gasteiger partial charge in [-0.25, -0.2) is 13.2 Å². The Balaban J connectivity index is 2.29. The average molecular weight is 326 g/mol. The first-order valence-corrected chi connectivity index (χ1v) is 8.69. The fraction of sp³-hybridized carbons (Fsp3) is 0.533. The summed E-state index contributed by atoms with van der Waals surface area (Å²) in [7, 11) is -0.634. The number of piperidine rings is 1. The van der Waals surface area contributed by atoms with Crippen molar-refractivity contribution in [3.8, 4) is 0 Å². The van der Waals surface area contributed by atoms with E-state index in [0.29, 0.717) is 11.1 Å². The molecule has 1 fully saturated rings. The molecular formula is C15H22N2O4S. The number of methoxy groups -OCH3 is 1. The molecule has 1 aliphatic rings. The number of rotatable bonds is 4. The molecule has 0 radical (unpaired) electrons. The van der Waals surface area contributed by atoms with Crippen LogP contribution in [0.15, 0.2) is 23.1 Å². The quantitative estimate of drug-likeness (QED) is 0.840. The lowest BCUT2D eigenvalue weighted by atomic mass is 10.1. The number of benzene rings is 1. The van der Waals surface area contributed by atoms with E-state index in [9.17, 15) is 13.2 Å². The molecule has 0 atom stereocenters. The van der Waals surface area contributed by atoms with Crippen LogP contribution in [-0.2, 0) is 14.8 Å². The second kappa shape index (κ2) is 6.76. The van der Waals surface area contributed by atoms with Crippen molar-refractivity contribution in [2.24, 2.45) is 0 Å². The van der Waals surface area contributed by atoms with Crippen molar-refractivity contribution >= 4 is 16.0 Å².